The number of para-hydroxylation sites is 2. The number of methoxy groups -OCH3 is 1. The highest BCUT2D eigenvalue weighted by molar-refractivity contribution is 6.14. The van der Waals surface area contributed by atoms with E-state index in [4.69, 9.17) is 9.47 Å². The summed E-state index contributed by atoms with van der Waals surface area (Å²) < 4.78 is 12.3. The lowest BCUT2D eigenvalue weighted by atomic mass is 10.0. The number of rotatable bonds is 8. The lowest BCUT2D eigenvalue weighted by Crippen LogP contribution is -2.31. The standard InChI is InChI=1S/C27H24N2O5/c1-29-21-14-8-6-12-19(21)25(26(29)18-10-4-3-5-11-18)22(30)17-34-24(31)16-28-27(32)20-13-7-9-15-23(20)33-2/h3-15H,16-17H2,1-2H3,(H,28,32). The molecular weight excluding hydrogens is 432 g/mol. The number of benzene rings is 3. The average molecular weight is 456 g/mol. The summed E-state index contributed by atoms with van der Waals surface area (Å²) in [6.45, 7) is -0.803. The van der Waals surface area contributed by atoms with Crippen molar-refractivity contribution in [1.29, 1.82) is 0 Å². The number of nitrogens with one attached hydrogen (secondary N) is 1. The normalized spacial score (nSPS) is 10.6. The molecule has 0 saturated heterocycles. The van der Waals surface area contributed by atoms with Crippen molar-refractivity contribution in [2.24, 2.45) is 7.05 Å². The van der Waals surface area contributed by atoms with Crippen molar-refractivity contribution in [3.63, 3.8) is 0 Å². The summed E-state index contributed by atoms with van der Waals surface area (Å²) in [5.74, 6) is -1.10. The molecule has 34 heavy (non-hydrogen) atoms. The van der Waals surface area contributed by atoms with E-state index in [2.05, 4.69) is 5.32 Å². The summed E-state index contributed by atoms with van der Waals surface area (Å²) in [6, 6.07) is 23.9. The van der Waals surface area contributed by atoms with Crippen molar-refractivity contribution in [3.8, 4) is 17.0 Å². The Morgan fingerprint density at radius 1 is 0.882 bits per heavy atom. The Morgan fingerprint density at radius 2 is 1.56 bits per heavy atom. The fraction of sp³-hybridized carbons (Fsp3) is 0.148. The van der Waals surface area contributed by atoms with Crippen LogP contribution in [0.4, 0.5) is 0 Å². The number of Topliss-reactive ketones (excluding diaryl/α,β-unsaturated/α-hetero) is 1. The zero-order valence-corrected chi connectivity index (χ0v) is 18.9. The smallest absolute Gasteiger partial charge is 0.325 e. The molecule has 4 aromatic rings. The van der Waals surface area contributed by atoms with E-state index in [1.807, 2.05) is 66.2 Å². The molecule has 0 unspecified atom stereocenters. The summed E-state index contributed by atoms with van der Waals surface area (Å²) in [6.07, 6.45) is 0. The summed E-state index contributed by atoms with van der Waals surface area (Å²) in [5.41, 5.74) is 3.35. The van der Waals surface area contributed by atoms with Crippen LogP contribution in [-0.2, 0) is 16.6 Å². The number of carbonyl (C=O) groups excluding carboxylic acids is 3. The minimum atomic E-state index is -0.710. The van der Waals surface area contributed by atoms with E-state index in [1.54, 1.807) is 24.3 Å². The molecular formula is C27H24N2O5. The largest absolute Gasteiger partial charge is 0.496 e. The van der Waals surface area contributed by atoms with Crippen LogP contribution in [-0.4, -0.2) is 42.5 Å². The first kappa shape index (κ1) is 22.8. The van der Waals surface area contributed by atoms with Gasteiger partial charge in [0.25, 0.3) is 5.91 Å². The fourth-order valence-electron chi connectivity index (χ4n) is 3.96. The molecule has 0 aliphatic heterocycles. The second-order valence-corrected chi connectivity index (χ2v) is 7.63. The van der Waals surface area contributed by atoms with E-state index in [0.29, 0.717) is 16.9 Å². The summed E-state index contributed by atoms with van der Waals surface area (Å²) in [7, 11) is 3.36. The van der Waals surface area contributed by atoms with Crippen LogP contribution in [0.3, 0.4) is 0 Å². The molecule has 0 saturated carbocycles. The molecule has 3 aromatic carbocycles. The van der Waals surface area contributed by atoms with E-state index in [-0.39, 0.29) is 12.3 Å². The third-order valence-electron chi connectivity index (χ3n) is 5.54. The van der Waals surface area contributed by atoms with Gasteiger partial charge in [-0.3, -0.25) is 14.4 Å². The van der Waals surface area contributed by atoms with Gasteiger partial charge in [0.15, 0.2) is 6.61 Å². The van der Waals surface area contributed by atoms with E-state index < -0.39 is 18.5 Å². The Bertz CT molecular complexity index is 1360. The van der Waals surface area contributed by atoms with Gasteiger partial charge in [0, 0.05) is 18.0 Å². The number of ether oxygens (including phenoxy) is 2. The Morgan fingerprint density at radius 3 is 2.32 bits per heavy atom. The van der Waals surface area contributed by atoms with Crippen LogP contribution in [0.15, 0.2) is 78.9 Å². The first-order chi connectivity index (χ1) is 16.5. The quantitative estimate of drug-likeness (QED) is 0.320. The number of fused-ring (bicyclic) bond motifs is 1. The summed E-state index contributed by atoms with van der Waals surface area (Å²) in [5, 5.41) is 3.29. The lowest BCUT2D eigenvalue weighted by Gasteiger charge is -2.10. The van der Waals surface area contributed by atoms with Gasteiger partial charge >= 0.3 is 5.97 Å². The number of esters is 1. The SMILES string of the molecule is COc1ccccc1C(=O)NCC(=O)OCC(=O)c1c(-c2ccccc2)n(C)c2ccccc12. The van der Waals surface area contributed by atoms with E-state index in [0.717, 1.165) is 22.2 Å². The molecule has 7 heteroatoms. The lowest BCUT2D eigenvalue weighted by molar-refractivity contribution is -0.141. The third-order valence-corrected chi connectivity index (χ3v) is 5.54. The van der Waals surface area contributed by atoms with Crippen molar-refractivity contribution in [2.75, 3.05) is 20.3 Å². The molecule has 1 amide bonds. The fourth-order valence-corrected chi connectivity index (χ4v) is 3.96. The van der Waals surface area contributed by atoms with Crippen molar-refractivity contribution < 1.29 is 23.9 Å². The van der Waals surface area contributed by atoms with Gasteiger partial charge in [0.1, 0.15) is 12.3 Å². The van der Waals surface area contributed by atoms with Crippen LogP contribution < -0.4 is 10.1 Å². The molecule has 0 radical (unpaired) electrons. The highest BCUT2D eigenvalue weighted by Crippen LogP contribution is 2.33. The van der Waals surface area contributed by atoms with Gasteiger partial charge < -0.3 is 19.4 Å². The number of aryl methyl sites for hydroxylation is 1. The summed E-state index contributed by atoms with van der Waals surface area (Å²) in [4.78, 5) is 37.9. The Hall–Kier alpha value is -4.39. The van der Waals surface area contributed by atoms with Crippen LogP contribution in [0.5, 0.6) is 5.75 Å². The van der Waals surface area contributed by atoms with Crippen molar-refractivity contribution in [2.45, 2.75) is 0 Å². The van der Waals surface area contributed by atoms with Crippen LogP contribution in [0, 0.1) is 0 Å². The van der Waals surface area contributed by atoms with Crippen LogP contribution in [0.2, 0.25) is 0 Å². The van der Waals surface area contributed by atoms with Crippen LogP contribution in [0.1, 0.15) is 20.7 Å². The predicted octanol–water partition coefficient (Wildman–Crippen LogP) is 4.01. The molecule has 1 N–H and O–H groups in total. The highest BCUT2D eigenvalue weighted by Gasteiger charge is 2.23. The number of carbonyl (C=O) groups is 3. The van der Waals surface area contributed by atoms with E-state index >= 15 is 0 Å². The number of amides is 1. The molecule has 0 atom stereocenters. The number of hydrogen-bond donors (Lipinski definition) is 1. The minimum Gasteiger partial charge on any atom is -0.496 e. The van der Waals surface area contributed by atoms with Gasteiger partial charge in [0.05, 0.1) is 23.9 Å². The van der Waals surface area contributed by atoms with Crippen molar-refractivity contribution in [1.82, 2.24) is 9.88 Å². The van der Waals surface area contributed by atoms with E-state index in [1.165, 1.54) is 7.11 Å². The first-order valence-electron chi connectivity index (χ1n) is 10.7. The Balaban J connectivity index is 1.48. The average Bonchev–Trinajstić information content (AvgIpc) is 3.18. The zero-order chi connectivity index (χ0) is 24.1. The number of nitrogens with zero attached hydrogens (tertiary/aromatic N) is 1. The third kappa shape index (κ3) is 4.54. The molecule has 0 bridgehead atoms. The number of aromatic nitrogens is 1. The Kier molecular flexibility index (Phi) is 6.73. The zero-order valence-electron chi connectivity index (χ0n) is 18.9. The maximum atomic E-state index is 13.2. The van der Waals surface area contributed by atoms with Gasteiger partial charge in [-0.2, -0.15) is 0 Å². The maximum absolute atomic E-state index is 13.2. The Labute approximate surface area is 196 Å². The van der Waals surface area contributed by atoms with E-state index in [9.17, 15) is 14.4 Å². The van der Waals surface area contributed by atoms with Gasteiger partial charge in [-0.05, 0) is 23.8 Å². The summed E-state index contributed by atoms with van der Waals surface area (Å²) >= 11 is 0. The highest BCUT2D eigenvalue weighted by atomic mass is 16.5. The first-order valence-corrected chi connectivity index (χ1v) is 10.7. The molecule has 0 aliphatic rings. The van der Waals surface area contributed by atoms with Crippen molar-refractivity contribution in [3.05, 3.63) is 90.0 Å². The second kappa shape index (κ2) is 10.0. The molecule has 0 fully saturated rings. The molecule has 0 aliphatic carbocycles. The second-order valence-electron chi connectivity index (χ2n) is 7.63. The van der Waals surface area contributed by atoms with Gasteiger partial charge in [-0.1, -0.05) is 60.7 Å². The minimum absolute atomic E-state index is 0.303. The van der Waals surface area contributed by atoms with Crippen LogP contribution >= 0.6 is 0 Å². The molecule has 4 rings (SSSR count). The predicted molar refractivity (Wildman–Crippen MR) is 129 cm³/mol. The van der Waals surface area contributed by atoms with Gasteiger partial charge in [-0.25, -0.2) is 0 Å². The molecule has 1 heterocycles. The molecule has 0 spiro atoms. The number of hydrogen-bond acceptors (Lipinski definition) is 5. The topological polar surface area (TPSA) is 86.6 Å². The molecule has 7 nitrogen and oxygen atoms in total. The molecule has 1 aromatic heterocycles. The molecule has 172 valence electrons. The monoisotopic (exact) mass is 456 g/mol. The van der Waals surface area contributed by atoms with Gasteiger partial charge in [-0.15, -0.1) is 0 Å². The maximum Gasteiger partial charge on any atom is 0.325 e. The number of ketones is 1. The van der Waals surface area contributed by atoms with Gasteiger partial charge in [0.2, 0.25) is 5.78 Å². The van der Waals surface area contributed by atoms with Crippen molar-refractivity contribution >= 4 is 28.6 Å². The van der Waals surface area contributed by atoms with Crippen LogP contribution in [0.25, 0.3) is 22.2 Å².